The minimum Gasteiger partial charge on any atom is -0.504 e. The number of aliphatic hydroxyl groups excluding tert-OH is 1. The van der Waals surface area contributed by atoms with Crippen molar-refractivity contribution in [1.29, 1.82) is 0 Å². The summed E-state index contributed by atoms with van der Waals surface area (Å²) in [6, 6.07) is 10.3. The van der Waals surface area contributed by atoms with Gasteiger partial charge in [0.2, 0.25) is 0 Å². The number of phenolic OH excluding ortho intramolecular Hbond substituents is 2. The van der Waals surface area contributed by atoms with Crippen LogP contribution in [0.4, 0.5) is 0 Å². The summed E-state index contributed by atoms with van der Waals surface area (Å²) < 4.78 is 11.1. The molecule has 6 heteroatoms. The maximum Gasteiger partial charge on any atom is 0.161 e. The van der Waals surface area contributed by atoms with Crippen LogP contribution in [0, 0.1) is 0 Å². The monoisotopic (exact) mass is 442 g/mol. The number of benzene rings is 2. The summed E-state index contributed by atoms with van der Waals surface area (Å²) in [5, 5.41) is 30.1. The van der Waals surface area contributed by atoms with Crippen molar-refractivity contribution in [3.63, 3.8) is 0 Å². The van der Waals surface area contributed by atoms with E-state index in [4.69, 9.17) is 9.47 Å². The van der Waals surface area contributed by atoms with Crippen LogP contribution >= 0.6 is 0 Å². The van der Waals surface area contributed by atoms with E-state index in [2.05, 4.69) is 0 Å². The summed E-state index contributed by atoms with van der Waals surface area (Å²) >= 11 is 0. The first-order valence-electron chi connectivity index (χ1n) is 11.5. The van der Waals surface area contributed by atoms with Crippen molar-refractivity contribution in [1.82, 2.24) is 0 Å². The number of rotatable bonds is 11. The quantitative estimate of drug-likeness (QED) is 0.467. The van der Waals surface area contributed by atoms with Gasteiger partial charge in [0.05, 0.1) is 19.3 Å². The van der Waals surface area contributed by atoms with E-state index < -0.39 is 6.10 Å². The SMILES string of the molecule is COc1cc(CCC(=O)C[C@@H](O)CCc2ccc(O)c(OC3CCCCC3)c2)ccc1O. The Bertz CT molecular complexity index is 888. The van der Waals surface area contributed by atoms with Gasteiger partial charge in [-0.05, 0) is 80.3 Å². The molecule has 2 aromatic carbocycles. The Hall–Kier alpha value is -2.73. The number of hydrogen-bond acceptors (Lipinski definition) is 6. The second kappa shape index (κ2) is 11.8. The summed E-state index contributed by atoms with van der Waals surface area (Å²) in [6.07, 6.45) is 7.06. The van der Waals surface area contributed by atoms with Crippen LogP contribution in [0.15, 0.2) is 36.4 Å². The van der Waals surface area contributed by atoms with Gasteiger partial charge in [-0.15, -0.1) is 0 Å². The molecule has 1 fully saturated rings. The largest absolute Gasteiger partial charge is 0.504 e. The lowest BCUT2D eigenvalue weighted by atomic mass is 9.97. The molecule has 0 aromatic heterocycles. The molecular weight excluding hydrogens is 408 g/mol. The highest BCUT2D eigenvalue weighted by Gasteiger charge is 2.17. The fourth-order valence-electron chi connectivity index (χ4n) is 4.13. The molecular formula is C26H34O6. The molecule has 0 spiro atoms. The molecule has 174 valence electrons. The van der Waals surface area contributed by atoms with Crippen LogP contribution in [0.2, 0.25) is 0 Å². The van der Waals surface area contributed by atoms with Crippen LogP contribution in [0.5, 0.6) is 23.0 Å². The number of carbonyl (C=O) groups excluding carboxylic acids is 1. The lowest BCUT2D eigenvalue weighted by Gasteiger charge is -2.23. The molecule has 0 amide bonds. The zero-order valence-electron chi connectivity index (χ0n) is 18.8. The molecule has 0 bridgehead atoms. The number of aromatic hydroxyl groups is 2. The van der Waals surface area contributed by atoms with E-state index in [0.717, 1.165) is 36.8 Å². The third kappa shape index (κ3) is 7.16. The molecule has 6 nitrogen and oxygen atoms in total. The number of ether oxygens (including phenoxy) is 2. The van der Waals surface area contributed by atoms with Crippen molar-refractivity contribution in [2.75, 3.05) is 7.11 Å². The van der Waals surface area contributed by atoms with Gasteiger partial charge >= 0.3 is 0 Å². The molecule has 3 N–H and O–H groups in total. The first kappa shape index (κ1) is 23.9. The van der Waals surface area contributed by atoms with Crippen LogP contribution in [0.25, 0.3) is 0 Å². The first-order valence-corrected chi connectivity index (χ1v) is 11.5. The lowest BCUT2D eigenvalue weighted by Crippen LogP contribution is -2.19. The van der Waals surface area contributed by atoms with Gasteiger partial charge in [0.25, 0.3) is 0 Å². The van der Waals surface area contributed by atoms with Crippen molar-refractivity contribution < 1.29 is 29.6 Å². The van der Waals surface area contributed by atoms with Crippen molar-refractivity contribution in [3.05, 3.63) is 47.5 Å². The van der Waals surface area contributed by atoms with E-state index in [1.807, 2.05) is 12.1 Å². The molecule has 1 aliphatic rings. The number of Topliss-reactive ketones (excluding diaryl/α,β-unsaturated/α-hetero) is 1. The molecule has 0 heterocycles. The summed E-state index contributed by atoms with van der Waals surface area (Å²) in [7, 11) is 1.49. The standard InChI is InChI=1S/C26H34O6/c1-31-25-15-18(9-13-23(25)29)7-11-20(27)17-21(28)12-8-19-10-14-24(30)26(16-19)32-22-5-3-2-4-6-22/h9-10,13-16,21-22,28-30H,2-8,11-12,17H2,1H3/t21-/m0/s1. The maximum atomic E-state index is 12.3. The number of aryl methyl sites for hydroxylation is 2. The summed E-state index contributed by atoms with van der Waals surface area (Å²) in [5.74, 6) is 1.09. The van der Waals surface area contributed by atoms with Gasteiger partial charge in [0.1, 0.15) is 5.78 Å². The lowest BCUT2D eigenvalue weighted by molar-refractivity contribution is -0.121. The van der Waals surface area contributed by atoms with Gasteiger partial charge in [0.15, 0.2) is 23.0 Å². The molecule has 0 saturated heterocycles. The number of phenols is 2. The Morgan fingerprint density at radius 2 is 1.59 bits per heavy atom. The highest BCUT2D eigenvalue weighted by Crippen LogP contribution is 2.32. The van der Waals surface area contributed by atoms with Gasteiger partial charge in [-0.1, -0.05) is 18.6 Å². The fourth-order valence-corrected chi connectivity index (χ4v) is 4.13. The third-order valence-electron chi connectivity index (χ3n) is 6.04. The topological polar surface area (TPSA) is 96.2 Å². The fraction of sp³-hybridized carbons (Fsp3) is 0.500. The predicted octanol–water partition coefficient (Wildman–Crippen LogP) is 4.70. The van der Waals surface area contributed by atoms with Gasteiger partial charge in [-0.3, -0.25) is 4.79 Å². The van der Waals surface area contributed by atoms with E-state index in [1.54, 1.807) is 24.3 Å². The molecule has 0 radical (unpaired) electrons. The van der Waals surface area contributed by atoms with E-state index in [1.165, 1.54) is 13.5 Å². The molecule has 3 rings (SSSR count). The Labute approximate surface area is 189 Å². The minimum absolute atomic E-state index is 0.00318. The summed E-state index contributed by atoms with van der Waals surface area (Å²) in [6.45, 7) is 0. The molecule has 2 aromatic rings. The van der Waals surface area contributed by atoms with Crippen LogP contribution in [-0.2, 0) is 17.6 Å². The number of hydrogen-bond donors (Lipinski definition) is 3. The highest BCUT2D eigenvalue weighted by atomic mass is 16.5. The first-order chi connectivity index (χ1) is 15.4. The van der Waals surface area contributed by atoms with Crippen molar-refractivity contribution in [2.24, 2.45) is 0 Å². The summed E-state index contributed by atoms with van der Waals surface area (Å²) in [5.41, 5.74) is 1.87. The normalized spacial score (nSPS) is 15.3. The Morgan fingerprint density at radius 3 is 2.28 bits per heavy atom. The predicted molar refractivity (Wildman–Crippen MR) is 123 cm³/mol. The van der Waals surface area contributed by atoms with E-state index in [9.17, 15) is 20.1 Å². The zero-order valence-corrected chi connectivity index (χ0v) is 18.8. The third-order valence-corrected chi connectivity index (χ3v) is 6.04. The number of ketones is 1. The number of methoxy groups -OCH3 is 1. The van der Waals surface area contributed by atoms with Gasteiger partial charge in [-0.25, -0.2) is 0 Å². The molecule has 0 unspecified atom stereocenters. The second-order valence-electron chi connectivity index (χ2n) is 8.62. The Morgan fingerprint density at radius 1 is 0.969 bits per heavy atom. The van der Waals surface area contributed by atoms with E-state index >= 15 is 0 Å². The summed E-state index contributed by atoms with van der Waals surface area (Å²) in [4.78, 5) is 12.3. The molecule has 0 aliphatic heterocycles. The van der Waals surface area contributed by atoms with Crippen molar-refractivity contribution in [3.8, 4) is 23.0 Å². The van der Waals surface area contributed by atoms with E-state index in [-0.39, 0.29) is 29.8 Å². The van der Waals surface area contributed by atoms with E-state index in [0.29, 0.717) is 37.2 Å². The Balaban J connectivity index is 1.44. The van der Waals surface area contributed by atoms with Crippen LogP contribution in [0.3, 0.4) is 0 Å². The van der Waals surface area contributed by atoms with Gasteiger partial charge in [-0.2, -0.15) is 0 Å². The van der Waals surface area contributed by atoms with Crippen LogP contribution in [-0.4, -0.2) is 40.4 Å². The highest BCUT2D eigenvalue weighted by molar-refractivity contribution is 5.79. The van der Waals surface area contributed by atoms with Gasteiger partial charge < -0.3 is 24.8 Å². The van der Waals surface area contributed by atoms with Crippen LogP contribution in [0.1, 0.15) is 62.5 Å². The minimum atomic E-state index is -0.714. The maximum absolute atomic E-state index is 12.3. The average molecular weight is 443 g/mol. The molecule has 32 heavy (non-hydrogen) atoms. The number of carbonyl (C=O) groups is 1. The molecule has 1 saturated carbocycles. The second-order valence-corrected chi connectivity index (χ2v) is 8.62. The molecule has 1 atom stereocenters. The average Bonchev–Trinajstić information content (AvgIpc) is 2.79. The zero-order chi connectivity index (χ0) is 22.9. The smallest absolute Gasteiger partial charge is 0.161 e. The van der Waals surface area contributed by atoms with Crippen molar-refractivity contribution >= 4 is 5.78 Å². The number of aliphatic hydroxyl groups is 1. The molecule has 1 aliphatic carbocycles. The van der Waals surface area contributed by atoms with Crippen LogP contribution < -0.4 is 9.47 Å². The van der Waals surface area contributed by atoms with Gasteiger partial charge in [0, 0.05) is 12.8 Å². The van der Waals surface area contributed by atoms with Crippen molar-refractivity contribution in [2.45, 2.75) is 76.4 Å². The Kier molecular flexibility index (Phi) is 8.80.